The predicted molar refractivity (Wildman–Crippen MR) is 63.8 cm³/mol. The number of nitrogens with two attached hydrogens (primary N) is 1. The van der Waals surface area contributed by atoms with Gasteiger partial charge in [0.05, 0.1) is 0 Å². The van der Waals surface area contributed by atoms with Crippen LogP contribution in [0, 0.1) is 0 Å². The van der Waals surface area contributed by atoms with Crippen molar-refractivity contribution >= 4 is 11.8 Å². The van der Waals surface area contributed by atoms with E-state index in [2.05, 4.69) is 5.32 Å². The molecule has 0 aromatic carbocycles. The van der Waals surface area contributed by atoms with E-state index in [0.717, 1.165) is 32.4 Å². The van der Waals surface area contributed by atoms with Crippen molar-refractivity contribution in [3.63, 3.8) is 0 Å². The molecule has 0 saturated heterocycles. The van der Waals surface area contributed by atoms with E-state index < -0.39 is 0 Å². The highest BCUT2D eigenvalue weighted by Crippen LogP contribution is 1.94. The maximum atomic E-state index is 11.2. The summed E-state index contributed by atoms with van der Waals surface area (Å²) in [6.45, 7) is 1.72. The van der Waals surface area contributed by atoms with Gasteiger partial charge in [-0.1, -0.05) is 0 Å². The summed E-state index contributed by atoms with van der Waals surface area (Å²) in [6, 6.07) is 0. The number of rotatable bonds is 9. The van der Waals surface area contributed by atoms with Gasteiger partial charge in [0, 0.05) is 26.9 Å². The quantitative estimate of drug-likeness (QED) is 0.551. The Morgan fingerprint density at radius 1 is 1.06 bits per heavy atom. The zero-order valence-corrected chi connectivity index (χ0v) is 10.3. The van der Waals surface area contributed by atoms with Gasteiger partial charge in [-0.15, -0.1) is 0 Å². The summed E-state index contributed by atoms with van der Waals surface area (Å²) < 4.78 is 0. The second-order valence-electron chi connectivity index (χ2n) is 4.07. The topological polar surface area (TPSA) is 75.4 Å². The van der Waals surface area contributed by atoms with Crippen LogP contribution in [0.1, 0.15) is 32.1 Å². The minimum atomic E-state index is -0.239. The van der Waals surface area contributed by atoms with Crippen molar-refractivity contribution < 1.29 is 9.59 Å². The van der Waals surface area contributed by atoms with Crippen LogP contribution >= 0.6 is 0 Å². The molecule has 0 rings (SSSR count). The predicted octanol–water partition coefficient (Wildman–Crippen LogP) is 0.100. The summed E-state index contributed by atoms with van der Waals surface area (Å²) in [6.07, 6.45) is 3.68. The van der Waals surface area contributed by atoms with Crippen molar-refractivity contribution in [2.45, 2.75) is 32.1 Å². The van der Waals surface area contributed by atoms with Crippen LogP contribution < -0.4 is 11.1 Å². The number of unbranched alkanes of at least 4 members (excludes halogenated alkanes) is 1. The molecule has 0 radical (unpaired) electrons. The first-order valence-corrected chi connectivity index (χ1v) is 5.73. The van der Waals surface area contributed by atoms with Crippen LogP contribution in [0.2, 0.25) is 0 Å². The number of nitrogens with one attached hydrogen (secondary N) is 1. The largest absolute Gasteiger partial charge is 0.370 e. The molecule has 0 saturated carbocycles. The van der Waals surface area contributed by atoms with Crippen molar-refractivity contribution in [3.05, 3.63) is 0 Å². The minimum Gasteiger partial charge on any atom is -0.370 e. The SMILES string of the molecule is CN(C)C(=O)CCCNCCCCC(N)=O. The van der Waals surface area contributed by atoms with Gasteiger partial charge in [0.15, 0.2) is 0 Å². The molecule has 0 heterocycles. The average molecular weight is 229 g/mol. The highest BCUT2D eigenvalue weighted by Gasteiger charge is 2.02. The summed E-state index contributed by atoms with van der Waals surface area (Å²) in [5.41, 5.74) is 5.02. The summed E-state index contributed by atoms with van der Waals surface area (Å²) in [5.74, 6) is -0.0768. The lowest BCUT2D eigenvalue weighted by molar-refractivity contribution is -0.128. The molecule has 2 amide bonds. The molecule has 5 heteroatoms. The summed E-state index contributed by atoms with van der Waals surface area (Å²) in [5, 5.41) is 3.23. The molecule has 0 fully saturated rings. The van der Waals surface area contributed by atoms with Gasteiger partial charge in [0.1, 0.15) is 0 Å². The lowest BCUT2D eigenvalue weighted by Gasteiger charge is -2.09. The Balaban J connectivity index is 3.16. The first kappa shape index (κ1) is 14.9. The number of hydrogen-bond acceptors (Lipinski definition) is 3. The molecule has 0 bridgehead atoms. The fourth-order valence-corrected chi connectivity index (χ4v) is 1.26. The first-order chi connectivity index (χ1) is 7.54. The van der Waals surface area contributed by atoms with Crippen LogP contribution in [0.3, 0.4) is 0 Å². The number of nitrogens with zero attached hydrogens (tertiary/aromatic N) is 1. The molecular formula is C11H23N3O2. The standard InChI is InChI=1S/C11H23N3O2/c1-14(2)11(16)7-5-9-13-8-4-3-6-10(12)15/h13H,3-9H2,1-2H3,(H2,12,15). The van der Waals surface area contributed by atoms with Crippen LogP contribution in [0.4, 0.5) is 0 Å². The van der Waals surface area contributed by atoms with E-state index in [9.17, 15) is 9.59 Å². The van der Waals surface area contributed by atoms with E-state index >= 15 is 0 Å². The summed E-state index contributed by atoms with van der Waals surface area (Å²) >= 11 is 0. The zero-order chi connectivity index (χ0) is 12.4. The third-order valence-corrected chi connectivity index (χ3v) is 2.27. The van der Waals surface area contributed by atoms with E-state index in [1.165, 1.54) is 0 Å². The van der Waals surface area contributed by atoms with E-state index in [0.29, 0.717) is 12.8 Å². The van der Waals surface area contributed by atoms with Crippen molar-refractivity contribution in [1.82, 2.24) is 10.2 Å². The van der Waals surface area contributed by atoms with Crippen LogP contribution in [0.25, 0.3) is 0 Å². The molecule has 0 spiro atoms. The highest BCUT2D eigenvalue weighted by atomic mass is 16.2. The Morgan fingerprint density at radius 2 is 1.69 bits per heavy atom. The fraction of sp³-hybridized carbons (Fsp3) is 0.818. The molecule has 0 atom stereocenters. The summed E-state index contributed by atoms with van der Waals surface area (Å²) in [4.78, 5) is 23.2. The first-order valence-electron chi connectivity index (χ1n) is 5.73. The summed E-state index contributed by atoms with van der Waals surface area (Å²) in [7, 11) is 3.53. The number of hydrogen-bond donors (Lipinski definition) is 2. The van der Waals surface area contributed by atoms with Gasteiger partial charge in [0.2, 0.25) is 11.8 Å². The van der Waals surface area contributed by atoms with Crippen LogP contribution in [-0.2, 0) is 9.59 Å². The molecule has 0 aromatic heterocycles. The Kier molecular flexibility index (Phi) is 8.52. The lowest BCUT2D eigenvalue weighted by atomic mass is 10.2. The molecule has 94 valence electrons. The van der Waals surface area contributed by atoms with E-state index in [1.54, 1.807) is 19.0 Å². The van der Waals surface area contributed by atoms with Gasteiger partial charge in [-0.2, -0.15) is 0 Å². The van der Waals surface area contributed by atoms with E-state index in [-0.39, 0.29) is 11.8 Å². The number of carbonyl (C=O) groups is 2. The van der Waals surface area contributed by atoms with E-state index in [1.807, 2.05) is 0 Å². The van der Waals surface area contributed by atoms with Gasteiger partial charge < -0.3 is 16.0 Å². The smallest absolute Gasteiger partial charge is 0.222 e. The van der Waals surface area contributed by atoms with Crippen LogP contribution in [-0.4, -0.2) is 43.9 Å². The van der Waals surface area contributed by atoms with Crippen molar-refractivity contribution in [1.29, 1.82) is 0 Å². The molecule has 0 aliphatic carbocycles. The molecule has 16 heavy (non-hydrogen) atoms. The maximum absolute atomic E-state index is 11.2. The molecule has 0 unspecified atom stereocenters. The Labute approximate surface area is 97.4 Å². The van der Waals surface area contributed by atoms with Gasteiger partial charge in [0.25, 0.3) is 0 Å². The minimum absolute atomic E-state index is 0.163. The van der Waals surface area contributed by atoms with Crippen molar-refractivity contribution in [2.24, 2.45) is 5.73 Å². The number of carbonyl (C=O) groups excluding carboxylic acids is 2. The molecule has 5 nitrogen and oxygen atoms in total. The maximum Gasteiger partial charge on any atom is 0.222 e. The number of amides is 2. The second-order valence-corrected chi connectivity index (χ2v) is 4.07. The lowest BCUT2D eigenvalue weighted by Crippen LogP contribution is -2.24. The van der Waals surface area contributed by atoms with Gasteiger partial charge in [-0.3, -0.25) is 9.59 Å². The van der Waals surface area contributed by atoms with E-state index in [4.69, 9.17) is 5.73 Å². The third kappa shape index (κ3) is 9.45. The molecule has 3 N–H and O–H groups in total. The van der Waals surface area contributed by atoms with Gasteiger partial charge in [-0.25, -0.2) is 0 Å². The highest BCUT2D eigenvalue weighted by molar-refractivity contribution is 5.75. The fourth-order valence-electron chi connectivity index (χ4n) is 1.26. The Bertz CT molecular complexity index is 217. The van der Waals surface area contributed by atoms with Gasteiger partial charge in [-0.05, 0) is 32.4 Å². The van der Waals surface area contributed by atoms with Crippen molar-refractivity contribution in [3.8, 4) is 0 Å². The van der Waals surface area contributed by atoms with Crippen molar-refractivity contribution in [2.75, 3.05) is 27.2 Å². The Morgan fingerprint density at radius 3 is 2.25 bits per heavy atom. The van der Waals surface area contributed by atoms with Gasteiger partial charge >= 0.3 is 0 Å². The molecular weight excluding hydrogens is 206 g/mol. The molecule has 0 aliphatic rings. The number of primary amides is 1. The third-order valence-electron chi connectivity index (χ3n) is 2.27. The average Bonchev–Trinajstić information content (AvgIpc) is 2.21. The van der Waals surface area contributed by atoms with Crippen LogP contribution in [0.5, 0.6) is 0 Å². The zero-order valence-electron chi connectivity index (χ0n) is 10.3. The normalized spacial score (nSPS) is 10.1. The monoisotopic (exact) mass is 229 g/mol. The Hall–Kier alpha value is -1.10. The molecule has 0 aliphatic heterocycles. The molecule has 0 aromatic rings. The van der Waals surface area contributed by atoms with Crippen LogP contribution in [0.15, 0.2) is 0 Å². The second kappa shape index (κ2) is 9.15.